The first-order chi connectivity index (χ1) is 13.3. The maximum Gasteiger partial charge on any atom is 0.110 e. The number of benzene rings is 1. The molecular formula is C21H28N6. The number of aromatic amines is 1. The van der Waals surface area contributed by atoms with Gasteiger partial charge < -0.3 is 10.3 Å². The van der Waals surface area contributed by atoms with Crippen LogP contribution in [0.25, 0.3) is 11.0 Å². The minimum atomic E-state index is 0.538. The molecule has 5 rings (SSSR count). The Morgan fingerprint density at radius 1 is 1.04 bits per heavy atom. The molecule has 1 aliphatic heterocycles. The van der Waals surface area contributed by atoms with Crippen LogP contribution in [0.3, 0.4) is 0 Å². The van der Waals surface area contributed by atoms with Crippen LogP contribution in [0.5, 0.6) is 0 Å². The summed E-state index contributed by atoms with van der Waals surface area (Å²) in [7, 11) is 0. The van der Waals surface area contributed by atoms with Crippen LogP contribution in [-0.2, 0) is 6.54 Å². The Kier molecular flexibility index (Phi) is 4.66. The average Bonchev–Trinajstić information content (AvgIpc) is 3.36. The first kappa shape index (κ1) is 16.9. The average molecular weight is 364 g/mol. The fourth-order valence-electron chi connectivity index (χ4n) is 4.74. The molecule has 1 unspecified atom stereocenters. The molecule has 1 aliphatic carbocycles. The van der Waals surface area contributed by atoms with Crippen LogP contribution in [0.2, 0.25) is 0 Å². The van der Waals surface area contributed by atoms with Crippen molar-refractivity contribution in [1.29, 1.82) is 0 Å². The largest absolute Gasteiger partial charge is 0.342 e. The molecule has 3 heterocycles. The minimum absolute atomic E-state index is 0.538. The summed E-state index contributed by atoms with van der Waals surface area (Å²) in [4.78, 5) is 8.34. The Hall–Kier alpha value is -2.21. The summed E-state index contributed by atoms with van der Waals surface area (Å²) >= 11 is 0. The lowest BCUT2D eigenvalue weighted by Gasteiger charge is -2.27. The normalized spacial score (nSPS) is 26.4. The van der Waals surface area contributed by atoms with Gasteiger partial charge in [-0.05, 0) is 63.1 Å². The molecule has 3 aromatic rings. The summed E-state index contributed by atoms with van der Waals surface area (Å²) in [5.41, 5.74) is 3.40. The van der Waals surface area contributed by atoms with Gasteiger partial charge in [0.25, 0.3) is 0 Å². The van der Waals surface area contributed by atoms with Gasteiger partial charge in [-0.1, -0.05) is 17.3 Å². The van der Waals surface area contributed by atoms with Gasteiger partial charge in [0, 0.05) is 31.1 Å². The van der Waals surface area contributed by atoms with Crippen molar-refractivity contribution in [2.24, 2.45) is 5.92 Å². The van der Waals surface area contributed by atoms with E-state index in [-0.39, 0.29) is 0 Å². The van der Waals surface area contributed by atoms with E-state index >= 15 is 0 Å². The quantitative estimate of drug-likeness (QED) is 0.742. The summed E-state index contributed by atoms with van der Waals surface area (Å²) in [5, 5.41) is 12.3. The number of nitrogens with zero attached hydrogens (tertiary/aromatic N) is 4. The van der Waals surface area contributed by atoms with E-state index in [1.54, 1.807) is 0 Å². The van der Waals surface area contributed by atoms with E-state index in [2.05, 4.69) is 55.8 Å². The lowest BCUT2D eigenvalue weighted by molar-refractivity contribution is 0.279. The van der Waals surface area contributed by atoms with E-state index in [0.717, 1.165) is 36.4 Å². The Labute approximate surface area is 159 Å². The fraction of sp³-hybridized carbons (Fsp3) is 0.571. The van der Waals surface area contributed by atoms with E-state index in [1.807, 2.05) is 0 Å². The van der Waals surface area contributed by atoms with E-state index in [1.165, 1.54) is 44.3 Å². The lowest BCUT2D eigenvalue weighted by Crippen LogP contribution is -2.28. The first-order valence-corrected chi connectivity index (χ1v) is 10.4. The van der Waals surface area contributed by atoms with Crippen LogP contribution in [0.4, 0.5) is 0 Å². The summed E-state index contributed by atoms with van der Waals surface area (Å²) in [6.07, 6.45) is 9.54. The molecule has 6 heteroatoms. The third kappa shape index (κ3) is 3.63. The number of imidazole rings is 1. The van der Waals surface area contributed by atoms with Gasteiger partial charge in [0.15, 0.2) is 0 Å². The SMILES string of the molecule is c1ccc2[nH]c(C3CCC(Cn4cc(C5CCCNC5)nn4)CC3)nc2c1. The van der Waals surface area contributed by atoms with Crippen LogP contribution >= 0.6 is 0 Å². The molecule has 2 aromatic heterocycles. The van der Waals surface area contributed by atoms with Crippen LogP contribution in [0.1, 0.15) is 61.9 Å². The summed E-state index contributed by atoms with van der Waals surface area (Å²) in [5.74, 6) is 2.97. The molecule has 1 saturated heterocycles. The van der Waals surface area contributed by atoms with Gasteiger partial charge in [-0.2, -0.15) is 0 Å². The minimum Gasteiger partial charge on any atom is -0.342 e. The fourth-order valence-corrected chi connectivity index (χ4v) is 4.74. The molecule has 6 nitrogen and oxygen atoms in total. The van der Waals surface area contributed by atoms with Crippen molar-refractivity contribution in [1.82, 2.24) is 30.3 Å². The number of H-pyrrole nitrogens is 1. The summed E-state index contributed by atoms with van der Waals surface area (Å²) in [6.45, 7) is 3.18. The predicted molar refractivity (Wildman–Crippen MR) is 106 cm³/mol. The van der Waals surface area contributed by atoms with Gasteiger partial charge in [0.05, 0.1) is 16.7 Å². The lowest BCUT2D eigenvalue weighted by atomic mass is 9.81. The molecule has 2 aliphatic rings. The zero-order valence-corrected chi connectivity index (χ0v) is 15.8. The number of para-hydroxylation sites is 2. The zero-order valence-electron chi connectivity index (χ0n) is 15.8. The van der Waals surface area contributed by atoms with Gasteiger partial charge in [-0.25, -0.2) is 4.98 Å². The molecule has 0 bridgehead atoms. The topological polar surface area (TPSA) is 71.4 Å². The number of nitrogens with one attached hydrogen (secondary N) is 2. The van der Waals surface area contributed by atoms with E-state index in [4.69, 9.17) is 4.98 Å². The molecule has 2 N–H and O–H groups in total. The highest BCUT2D eigenvalue weighted by molar-refractivity contribution is 5.74. The molecule has 1 atom stereocenters. The molecule has 0 radical (unpaired) electrons. The molecule has 1 aromatic carbocycles. The molecular weight excluding hydrogens is 336 g/mol. The Balaban J connectivity index is 1.18. The third-order valence-electron chi connectivity index (χ3n) is 6.36. The van der Waals surface area contributed by atoms with Gasteiger partial charge in [0.1, 0.15) is 5.82 Å². The van der Waals surface area contributed by atoms with Crippen molar-refractivity contribution in [2.75, 3.05) is 13.1 Å². The second-order valence-corrected chi connectivity index (χ2v) is 8.27. The zero-order chi connectivity index (χ0) is 18.1. The van der Waals surface area contributed by atoms with Crippen molar-refractivity contribution in [2.45, 2.75) is 56.9 Å². The molecule has 0 amide bonds. The Morgan fingerprint density at radius 2 is 1.93 bits per heavy atom. The van der Waals surface area contributed by atoms with Crippen molar-refractivity contribution in [3.8, 4) is 0 Å². The maximum absolute atomic E-state index is 4.81. The Morgan fingerprint density at radius 3 is 2.74 bits per heavy atom. The van der Waals surface area contributed by atoms with Crippen molar-refractivity contribution in [3.63, 3.8) is 0 Å². The number of aromatic nitrogens is 5. The van der Waals surface area contributed by atoms with Crippen molar-refractivity contribution in [3.05, 3.63) is 42.0 Å². The number of hydrogen-bond acceptors (Lipinski definition) is 4. The van der Waals surface area contributed by atoms with Gasteiger partial charge in [0.2, 0.25) is 0 Å². The molecule has 27 heavy (non-hydrogen) atoms. The smallest absolute Gasteiger partial charge is 0.110 e. The second-order valence-electron chi connectivity index (χ2n) is 8.27. The highest BCUT2D eigenvalue weighted by Gasteiger charge is 2.25. The van der Waals surface area contributed by atoms with Crippen LogP contribution in [0.15, 0.2) is 30.5 Å². The standard InChI is InChI=1S/C21H28N6/c1-2-6-19-18(5-1)23-21(24-19)16-9-7-15(8-10-16)13-27-14-20(25-26-27)17-4-3-11-22-12-17/h1-2,5-6,14-17,22H,3-4,7-13H2,(H,23,24). The summed E-state index contributed by atoms with van der Waals surface area (Å²) in [6, 6.07) is 8.32. The summed E-state index contributed by atoms with van der Waals surface area (Å²) < 4.78 is 2.08. The van der Waals surface area contributed by atoms with E-state index < -0.39 is 0 Å². The number of fused-ring (bicyclic) bond motifs is 1. The maximum atomic E-state index is 4.81. The van der Waals surface area contributed by atoms with E-state index in [9.17, 15) is 0 Å². The third-order valence-corrected chi connectivity index (χ3v) is 6.36. The van der Waals surface area contributed by atoms with Gasteiger partial charge in [-0.15, -0.1) is 5.10 Å². The van der Waals surface area contributed by atoms with Crippen LogP contribution in [0, 0.1) is 5.92 Å². The number of hydrogen-bond donors (Lipinski definition) is 2. The van der Waals surface area contributed by atoms with Gasteiger partial charge >= 0.3 is 0 Å². The second kappa shape index (κ2) is 7.43. The van der Waals surface area contributed by atoms with Crippen LogP contribution < -0.4 is 5.32 Å². The predicted octanol–water partition coefficient (Wildman–Crippen LogP) is 3.60. The highest BCUT2D eigenvalue weighted by atomic mass is 15.4. The van der Waals surface area contributed by atoms with Crippen LogP contribution in [-0.4, -0.2) is 38.1 Å². The molecule has 142 valence electrons. The molecule has 0 spiro atoms. The highest BCUT2D eigenvalue weighted by Crippen LogP contribution is 2.36. The van der Waals surface area contributed by atoms with Crippen molar-refractivity contribution >= 4 is 11.0 Å². The van der Waals surface area contributed by atoms with Gasteiger partial charge in [-0.3, -0.25) is 4.68 Å². The van der Waals surface area contributed by atoms with E-state index in [0.29, 0.717) is 17.8 Å². The number of piperidine rings is 1. The first-order valence-electron chi connectivity index (χ1n) is 10.4. The molecule has 2 fully saturated rings. The Bertz CT molecular complexity index is 850. The van der Waals surface area contributed by atoms with Crippen molar-refractivity contribution < 1.29 is 0 Å². The number of rotatable bonds is 4. The monoisotopic (exact) mass is 364 g/mol. The molecule has 1 saturated carbocycles.